The quantitative estimate of drug-likeness (QED) is 0.620. The number of nitrogens with zero attached hydrogens (tertiary/aromatic N) is 1. The molecular weight excluding hydrogens is 160 g/mol. The average molecular weight is 172 g/mol. The molecule has 0 aliphatic rings. The van der Waals surface area contributed by atoms with Crippen LogP contribution in [0, 0.1) is 13.8 Å². The van der Waals surface area contributed by atoms with E-state index in [1.807, 2.05) is 19.1 Å². The number of fused-ring (bicyclic) bond motifs is 1. The van der Waals surface area contributed by atoms with Crippen molar-refractivity contribution in [3.63, 3.8) is 0 Å². The summed E-state index contributed by atoms with van der Waals surface area (Å²) < 4.78 is 0. The monoisotopic (exact) mass is 172 g/mol. The lowest BCUT2D eigenvalue weighted by Crippen LogP contribution is -1.94. The van der Waals surface area contributed by atoms with E-state index in [-0.39, 0.29) is 0 Å². The predicted molar refractivity (Wildman–Crippen MR) is 55.6 cm³/mol. The number of rotatable bonds is 0. The number of anilines is 1. The fraction of sp³-hybridized carbons (Fsp3) is 0.182. The van der Waals surface area contributed by atoms with Gasteiger partial charge in [0.25, 0.3) is 0 Å². The summed E-state index contributed by atoms with van der Waals surface area (Å²) in [5.74, 6) is 0. The number of nitrogen functional groups attached to an aromatic ring is 1. The minimum absolute atomic E-state index is 0.841. The Balaban J connectivity index is 2.97. The van der Waals surface area contributed by atoms with E-state index in [0.29, 0.717) is 0 Å². The van der Waals surface area contributed by atoms with Crippen LogP contribution in [0.25, 0.3) is 10.9 Å². The largest absolute Gasteiger partial charge is 0.398 e. The predicted octanol–water partition coefficient (Wildman–Crippen LogP) is 2.43. The van der Waals surface area contributed by atoms with Crippen LogP contribution in [0.15, 0.2) is 24.4 Å². The molecule has 0 spiro atoms. The average Bonchev–Trinajstić information content (AvgIpc) is 2.15. The summed E-state index contributed by atoms with van der Waals surface area (Å²) in [7, 11) is 0. The second-order valence-electron chi connectivity index (χ2n) is 3.32. The minimum atomic E-state index is 0.841. The first-order valence-electron chi connectivity index (χ1n) is 4.30. The third-order valence-electron chi connectivity index (χ3n) is 2.33. The Kier molecular flexibility index (Phi) is 1.69. The SMILES string of the molecule is Cc1cc(C)c2ncccc2c1N. The van der Waals surface area contributed by atoms with Gasteiger partial charge in [-0.05, 0) is 37.1 Å². The van der Waals surface area contributed by atoms with Gasteiger partial charge in [-0.25, -0.2) is 0 Å². The van der Waals surface area contributed by atoms with Crippen LogP contribution < -0.4 is 5.73 Å². The summed E-state index contributed by atoms with van der Waals surface area (Å²) in [6.45, 7) is 4.08. The molecule has 0 aliphatic heterocycles. The molecular formula is C11H12N2. The lowest BCUT2D eigenvalue weighted by molar-refractivity contribution is 1.34. The van der Waals surface area contributed by atoms with Crippen molar-refractivity contribution in [1.29, 1.82) is 0 Å². The topological polar surface area (TPSA) is 38.9 Å². The number of benzene rings is 1. The Morgan fingerprint density at radius 2 is 2.00 bits per heavy atom. The lowest BCUT2D eigenvalue weighted by atomic mass is 10.0. The molecule has 0 unspecified atom stereocenters. The standard InChI is InChI=1S/C11H12N2/c1-7-6-8(2)11-9(10(7)12)4-3-5-13-11/h3-6H,12H2,1-2H3. The Bertz CT molecular complexity index is 461. The Morgan fingerprint density at radius 3 is 2.77 bits per heavy atom. The Hall–Kier alpha value is -1.57. The minimum Gasteiger partial charge on any atom is -0.398 e. The highest BCUT2D eigenvalue weighted by Gasteiger charge is 2.03. The Morgan fingerprint density at radius 1 is 1.23 bits per heavy atom. The molecule has 0 amide bonds. The van der Waals surface area contributed by atoms with Crippen molar-refractivity contribution in [2.24, 2.45) is 0 Å². The maximum Gasteiger partial charge on any atom is 0.0751 e. The molecule has 0 atom stereocenters. The molecule has 2 aromatic rings. The van der Waals surface area contributed by atoms with Crippen molar-refractivity contribution in [2.45, 2.75) is 13.8 Å². The number of pyridine rings is 1. The molecule has 1 aromatic carbocycles. The molecule has 0 fully saturated rings. The molecule has 2 nitrogen and oxygen atoms in total. The van der Waals surface area contributed by atoms with Crippen LogP contribution in [0.2, 0.25) is 0 Å². The summed E-state index contributed by atoms with van der Waals surface area (Å²) in [5.41, 5.74) is 10.1. The van der Waals surface area contributed by atoms with Gasteiger partial charge in [0.2, 0.25) is 0 Å². The molecule has 0 radical (unpaired) electrons. The maximum atomic E-state index is 5.95. The van der Waals surface area contributed by atoms with Gasteiger partial charge < -0.3 is 5.73 Å². The summed E-state index contributed by atoms with van der Waals surface area (Å²) >= 11 is 0. The number of hydrogen-bond donors (Lipinski definition) is 1. The summed E-state index contributed by atoms with van der Waals surface area (Å²) in [6.07, 6.45) is 1.80. The number of aromatic nitrogens is 1. The number of aryl methyl sites for hydroxylation is 2. The molecule has 0 bridgehead atoms. The van der Waals surface area contributed by atoms with Crippen molar-refractivity contribution >= 4 is 16.6 Å². The van der Waals surface area contributed by atoms with Crippen LogP contribution in [-0.2, 0) is 0 Å². The van der Waals surface area contributed by atoms with Crippen LogP contribution in [0.5, 0.6) is 0 Å². The third kappa shape index (κ3) is 1.15. The van der Waals surface area contributed by atoms with Gasteiger partial charge in [-0.15, -0.1) is 0 Å². The van der Waals surface area contributed by atoms with Crippen LogP contribution >= 0.6 is 0 Å². The molecule has 2 rings (SSSR count). The van der Waals surface area contributed by atoms with Crippen LogP contribution in [0.3, 0.4) is 0 Å². The molecule has 66 valence electrons. The van der Waals surface area contributed by atoms with Crippen molar-refractivity contribution in [2.75, 3.05) is 5.73 Å². The van der Waals surface area contributed by atoms with Gasteiger partial charge in [-0.3, -0.25) is 4.98 Å². The van der Waals surface area contributed by atoms with E-state index in [4.69, 9.17) is 5.73 Å². The first-order valence-corrected chi connectivity index (χ1v) is 4.30. The lowest BCUT2D eigenvalue weighted by Gasteiger charge is -2.07. The van der Waals surface area contributed by atoms with Crippen molar-refractivity contribution < 1.29 is 0 Å². The van der Waals surface area contributed by atoms with E-state index in [1.165, 1.54) is 5.56 Å². The molecule has 0 aliphatic carbocycles. The highest BCUT2D eigenvalue weighted by molar-refractivity contribution is 5.93. The fourth-order valence-corrected chi connectivity index (χ4v) is 1.62. The first kappa shape index (κ1) is 8.05. The van der Waals surface area contributed by atoms with E-state index in [0.717, 1.165) is 22.2 Å². The van der Waals surface area contributed by atoms with Crippen LogP contribution in [0.1, 0.15) is 11.1 Å². The molecule has 0 saturated heterocycles. The van der Waals surface area contributed by atoms with Gasteiger partial charge in [-0.1, -0.05) is 6.07 Å². The molecule has 1 heterocycles. The van der Waals surface area contributed by atoms with E-state index in [2.05, 4.69) is 18.0 Å². The Labute approximate surface area is 77.4 Å². The number of hydrogen-bond acceptors (Lipinski definition) is 2. The highest BCUT2D eigenvalue weighted by Crippen LogP contribution is 2.25. The van der Waals surface area contributed by atoms with Gasteiger partial charge in [0.1, 0.15) is 0 Å². The van der Waals surface area contributed by atoms with Gasteiger partial charge in [-0.2, -0.15) is 0 Å². The molecule has 0 saturated carbocycles. The summed E-state index contributed by atoms with van der Waals surface area (Å²) in [4.78, 5) is 4.30. The zero-order valence-electron chi connectivity index (χ0n) is 7.83. The molecule has 1 aromatic heterocycles. The summed E-state index contributed by atoms with van der Waals surface area (Å²) in [5, 5.41) is 1.06. The van der Waals surface area contributed by atoms with E-state index in [1.54, 1.807) is 6.20 Å². The van der Waals surface area contributed by atoms with Crippen LogP contribution in [0.4, 0.5) is 5.69 Å². The number of nitrogens with two attached hydrogens (primary N) is 1. The third-order valence-corrected chi connectivity index (χ3v) is 2.33. The second kappa shape index (κ2) is 2.73. The zero-order chi connectivity index (χ0) is 9.42. The van der Waals surface area contributed by atoms with Gasteiger partial charge >= 0.3 is 0 Å². The first-order chi connectivity index (χ1) is 6.20. The van der Waals surface area contributed by atoms with Gasteiger partial charge in [0, 0.05) is 17.3 Å². The van der Waals surface area contributed by atoms with E-state index < -0.39 is 0 Å². The summed E-state index contributed by atoms with van der Waals surface area (Å²) in [6, 6.07) is 6.00. The molecule has 2 heteroatoms. The second-order valence-corrected chi connectivity index (χ2v) is 3.32. The molecule has 2 N–H and O–H groups in total. The smallest absolute Gasteiger partial charge is 0.0751 e. The zero-order valence-corrected chi connectivity index (χ0v) is 7.83. The van der Waals surface area contributed by atoms with E-state index >= 15 is 0 Å². The maximum absolute atomic E-state index is 5.95. The van der Waals surface area contributed by atoms with Gasteiger partial charge in [0.15, 0.2) is 0 Å². The van der Waals surface area contributed by atoms with Crippen molar-refractivity contribution in [3.05, 3.63) is 35.5 Å². The molecule has 13 heavy (non-hydrogen) atoms. The van der Waals surface area contributed by atoms with Crippen molar-refractivity contribution in [3.8, 4) is 0 Å². The van der Waals surface area contributed by atoms with Gasteiger partial charge in [0.05, 0.1) is 5.52 Å². The van der Waals surface area contributed by atoms with Crippen LogP contribution in [-0.4, -0.2) is 4.98 Å². The van der Waals surface area contributed by atoms with Crippen molar-refractivity contribution in [1.82, 2.24) is 4.98 Å². The normalized spacial score (nSPS) is 10.6. The fourth-order valence-electron chi connectivity index (χ4n) is 1.62. The highest BCUT2D eigenvalue weighted by atomic mass is 14.7. The van der Waals surface area contributed by atoms with E-state index in [9.17, 15) is 0 Å².